The fourth-order valence-corrected chi connectivity index (χ4v) is 2.42. The van der Waals surface area contributed by atoms with Gasteiger partial charge in [0.05, 0.1) is 12.6 Å². The minimum atomic E-state index is -0.493. The number of halogens is 2. The van der Waals surface area contributed by atoms with Crippen LogP contribution in [0, 0.1) is 5.82 Å². The summed E-state index contributed by atoms with van der Waals surface area (Å²) in [7, 11) is 0. The monoisotopic (exact) mass is 351 g/mol. The first-order valence-corrected chi connectivity index (χ1v) is 7.84. The van der Waals surface area contributed by atoms with Crippen LogP contribution in [0.4, 0.5) is 4.39 Å². The number of hydrogen-bond acceptors (Lipinski definition) is 2. The fourth-order valence-electron chi connectivity index (χ4n) is 2.04. The lowest BCUT2D eigenvalue weighted by Gasteiger charge is -2.14. The van der Waals surface area contributed by atoms with E-state index in [9.17, 15) is 4.39 Å². The average Bonchev–Trinajstić information content (AvgIpc) is 2.50. The van der Waals surface area contributed by atoms with Gasteiger partial charge in [-0.3, -0.25) is 0 Å². The van der Waals surface area contributed by atoms with E-state index >= 15 is 0 Å². The van der Waals surface area contributed by atoms with Crippen molar-refractivity contribution in [3.63, 3.8) is 0 Å². The fraction of sp³-hybridized carbons (Fsp3) is 0.294. The largest absolute Gasteiger partial charge is 0.494 e. The van der Waals surface area contributed by atoms with Crippen molar-refractivity contribution >= 4 is 15.9 Å². The van der Waals surface area contributed by atoms with Crippen LogP contribution in [-0.4, -0.2) is 6.61 Å². The summed E-state index contributed by atoms with van der Waals surface area (Å²) in [4.78, 5) is 0. The first-order chi connectivity index (χ1) is 10.1. The van der Waals surface area contributed by atoms with Crippen molar-refractivity contribution in [1.29, 1.82) is 0 Å². The van der Waals surface area contributed by atoms with E-state index < -0.39 is 6.04 Å². The van der Waals surface area contributed by atoms with Crippen LogP contribution in [-0.2, 0) is 0 Å². The van der Waals surface area contributed by atoms with E-state index in [0.29, 0.717) is 12.2 Å². The molecule has 0 aliphatic carbocycles. The van der Waals surface area contributed by atoms with Gasteiger partial charge in [0, 0.05) is 10.0 Å². The van der Waals surface area contributed by atoms with Gasteiger partial charge >= 0.3 is 0 Å². The van der Waals surface area contributed by atoms with Gasteiger partial charge in [-0.2, -0.15) is 0 Å². The molecule has 0 saturated carbocycles. The van der Waals surface area contributed by atoms with Crippen molar-refractivity contribution in [2.24, 2.45) is 5.73 Å². The zero-order valence-corrected chi connectivity index (χ0v) is 13.6. The highest BCUT2D eigenvalue weighted by Gasteiger charge is 2.14. The normalized spacial score (nSPS) is 12.2. The molecule has 0 aromatic heterocycles. The van der Waals surface area contributed by atoms with E-state index in [1.165, 1.54) is 6.07 Å². The number of benzene rings is 2. The van der Waals surface area contributed by atoms with Gasteiger partial charge in [0.2, 0.25) is 0 Å². The van der Waals surface area contributed by atoms with Crippen molar-refractivity contribution in [2.75, 3.05) is 6.61 Å². The summed E-state index contributed by atoms with van der Waals surface area (Å²) in [5.41, 5.74) is 7.49. The number of unbranched alkanes of at least 4 members (excludes halogenated alkanes) is 1. The molecular weight excluding hydrogens is 333 g/mol. The van der Waals surface area contributed by atoms with Crippen LogP contribution < -0.4 is 10.5 Å². The summed E-state index contributed by atoms with van der Waals surface area (Å²) < 4.78 is 20.3. The first-order valence-electron chi connectivity index (χ1n) is 7.05. The van der Waals surface area contributed by atoms with Crippen LogP contribution in [0.15, 0.2) is 46.9 Å². The van der Waals surface area contributed by atoms with Crippen molar-refractivity contribution in [2.45, 2.75) is 25.8 Å². The number of ether oxygens (including phenoxy) is 1. The summed E-state index contributed by atoms with van der Waals surface area (Å²) in [6, 6.07) is 11.8. The van der Waals surface area contributed by atoms with Crippen LogP contribution >= 0.6 is 15.9 Å². The van der Waals surface area contributed by atoms with E-state index in [0.717, 1.165) is 28.6 Å². The molecule has 2 aromatic carbocycles. The van der Waals surface area contributed by atoms with Gasteiger partial charge in [-0.25, -0.2) is 4.39 Å². The van der Waals surface area contributed by atoms with Crippen molar-refractivity contribution < 1.29 is 9.13 Å². The van der Waals surface area contributed by atoms with E-state index in [-0.39, 0.29) is 5.82 Å². The third-order valence-electron chi connectivity index (χ3n) is 3.30. The van der Waals surface area contributed by atoms with Gasteiger partial charge in [-0.05, 0) is 42.3 Å². The minimum Gasteiger partial charge on any atom is -0.494 e. The highest BCUT2D eigenvalue weighted by Crippen LogP contribution is 2.26. The molecule has 112 valence electrons. The van der Waals surface area contributed by atoms with Crippen molar-refractivity contribution in [3.05, 3.63) is 63.9 Å². The molecule has 2 nitrogen and oxygen atoms in total. The summed E-state index contributed by atoms with van der Waals surface area (Å²) in [5, 5.41) is 0. The number of hydrogen-bond donors (Lipinski definition) is 1. The van der Waals surface area contributed by atoms with Gasteiger partial charge in [0.25, 0.3) is 0 Å². The molecule has 1 unspecified atom stereocenters. The maximum Gasteiger partial charge on any atom is 0.128 e. The topological polar surface area (TPSA) is 35.2 Å². The summed E-state index contributed by atoms with van der Waals surface area (Å²) in [5.74, 6) is 0.517. The Balaban J connectivity index is 2.12. The second kappa shape index (κ2) is 7.57. The van der Waals surface area contributed by atoms with Crippen LogP contribution in [0.1, 0.15) is 36.9 Å². The molecule has 0 amide bonds. The summed E-state index contributed by atoms with van der Waals surface area (Å²) >= 11 is 3.34. The van der Waals surface area contributed by atoms with Crippen LogP contribution in [0.3, 0.4) is 0 Å². The van der Waals surface area contributed by atoms with E-state index in [1.54, 1.807) is 12.1 Å². The molecule has 0 bridgehead atoms. The highest BCUT2D eigenvalue weighted by atomic mass is 79.9. The van der Waals surface area contributed by atoms with Crippen LogP contribution in [0.2, 0.25) is 0 Å². The van der Waals surface area contributed by atoms with Gasteiger partial charge in [0.1, 0.15) is 11.6 Å². The lowest BCUT2D eigenvalue weighted by atomic mass is 9.99. The van der Waals surface area contributed by atoms with E-state index in [2.05, 4.69) is 22.9 Å². The van der Waals surface area contributed by atoms with Gasteiger partial charge in [0.15, 0.2) is 0 Å². The Labute approximate surface area is 133 Å². The number of nitrogens with two attached hydrogens (primary N) is 1. The first kappa shape index (κ1) is 16.0. The van der Waals surface area contributed by atoms with Crippen LogP contribution in [0.25, 0.3) is 0 Å². The van der Waals surface area contributed by atoms with E-state index in [4.69, 9.17) is 10.5 Å². The molecule has 0 spiro atoms. The molecule has 0 radical (unpaired) electrons. The second-order valence-corrected chi connectivity index (χ2v) is 5.83. The molecule has 4 heteroatoms. The van der Waals surface area contributed by atoms with E-state index in [1.807, 2.05) is 24.3 Å². The molecule has 0 aliphatic heterocycles. The molecule has 2 aromatic rings. The molecule has 0 fully saturated rings. The highest BCUT2D eigenvalue weighted by molar-refractivity contribution is 9.10. The second-order valence-electron chi connectivity index (χ2n) is 4.91. The van der Waals surface area contributed by atoms with Crippen molar-refractivity contribution in [3.8, 4) is 5.75 Å². The molecule has 0 aliphatic rings. The predicted molar refractivity (Wildman–Crippen MR) is 87.0 cm³/mol. The Morgan fingerprint density at radius 3 is 2.57 bits per heavy atom. The third-order valence-corrected chi connectivity index (χ3v) is 3.79. The maximum absolute atomic E-state index is 13.9. The van der Waals surface area contributed by atoms with Crippen molar-refractivity contribution in [1.82, 2.24) is 0 Å². The Morgan fingerprint density at radius 2 is 1.90 bits per heavy atom. The SMILES string of the molecule is CCCCOc1ccc(C(N)c2cc(Br)ccc2F)cc1. The lowest BCUT2D eigenvalue weighted by molar-refractivity contribution is 0.309. The van der Waals surface area contributed by atoms with Gasteiger partial charge in [-0.15, -0.1) is 0 Å². The standard InChI is InChI=1S/C17H19BrFNO/c1-2-3-10-21-14-7-4-12(5-8-14)17(20)15-11-13(18)6-9-16(15)19/h4-9,11,17H,2-3,10,20H2,1H3. The zero-order chi connectivity index (χ0) is 15.2. The quantitative estimate of drug-likeness (QED) is 0.757. The van der Waals surface area contributed by atoms with Gasteiger partial charge < -0.3 is 10.5 Å². The third kappa shape index (κ3) is 4.29. The zero-order valence-electron chi connectivity index (χ0n) is 12.0. The maximum atomic E-state index is 13.9. The molecule has 21 heavy (non-hydrogen) atoms. The Kier molecular flexibility index (Phi) is 5.76. The smallest absolute Gasteiger partial charge is 0.128 e. The molecule has 1 atom stereocenters. The minimum absolute atomic E-state index is 0.297. The Morgan fingerprint density at radius 1 is 1.19 bits per heavy atom. The lowest BCUT2D eigenvalue weighted by Crippen LogP contribution is -2.13. The summed E-state index contributed by atoms with van der Waals surface area (Å²) in [6.45, 7) is 2.83. The summed E-state index contributed by atoms with van der Waals surface area (Å²) in [6.07, 6.45) is 2.13. The molecule has 2 N–H and O–H groups in total. The molecule has 0 heterocycles. The Hall–Kier alpha value is -1.39. The molecule has 0 saturated heterocycles. The number of rotatable bonds is 6. The molecule has 2 rings (SSSR count). The van der Waals surface area contributed by atoms with Crippen LogP contribution in [0.5, 0.6) is 5.75 Å². The molecular formula is C17H19BrFNO. The average molecular weight is 352 g/mol. The Bertz CT molecular complexity index is 586. The van der Waals surface area contributed by atoms with Gasteiger partial charge in [-0.1, -0.05) is 41.4 Å². The predicted octanol–water partition coefficient (Wildman–Crippen LogP) is 4.82.